The summed E-state index contributed by atoms with van der Waals surface area (Å²) in [4.78, 5) is 33.0. The fourth-order valence-electron chi connectivity index (χ4n) is 3.73. The summed E-state index contributed by atoms with van der Waals surface area (Å²) in [6.07, 6.45) is 2.29. The number of hydrogen-bond acceptors (Lipinski definition) is 4. The number of nitrogens with zero attached hydrogens (tertiary/aromatic N) is 2. The van der Waals surface area contributed by atoms with Crippen LogP contribution in [0.3, 0.4) is 0 Å². The lowest BCUT2D eigenvalue weighted by molar-refractivity contribution is -0.118. The maximum Gasteiger partial charge on any atom is 0.263 e. The molecule has 0 bridgehead atoms. The van der Waals surface area contributed by atoms with E-state index in [-0.39, 0.29) is 11.5 Å². The van der Waals surface area contributed by atoms with E-state index in [2.05, 4.69) is 33.2 Å². The van der Waals surface area contributed by atoms with Crippen molar-refractivity contribution in [3.8, 4) is 11.1 Å². The van der Waals surface area contributed by atoms with Crippen molar-refractivity contribution in [2.24, 2.45) is 0 Å². The van der Waals surface area contributed by atoms with Gasteiger partial charge in [-0.15, -0.1) is 11.3 Å². The molecule has 0 spiro atoms. The minimum atomic E-state index is -0.706. The largest absolute Gasteiger partial charge is 0.324 e. The molecule has 1 N–H and O–H groups in total. The monoisotopic (exact) mass is 509 g/mol. The minimum absolute atomic E-state index is 0.201. The van der Waals surface area contributed by atoms with Crippen LogP contribution in [0.2, 0.25) is 0 Å². The van der Waals surface area contributed by atoms with Crippen LogP contribution in [0.5, 0.6) is 0 Å². The van der Waals surface area contributed by atoms with Gasteiger partial charge in [-0.1, -0.05) is 47.1 Å². The zero-order valence-corrected chi connectivity index (χ0v) is 20.8. The number of thiophene rings is 1. The molecule has 4 rings (SSSR count). The normalized spacial score (nSPS) is 12.2. The number of anilines is 1. The van der Waals surface area contributed by atoms with Crippen LogP contribution >= 0.6 is 27.3 Å². The molecule has 7 heteroatoms. The molecular weight excluding hydrogens is 486 g/mol. The Kier molecular flexibility index (Phi) is 6.31. The Morgan fingerprint density at radius 1 is 1.19 bits per heavy atom. The van der Waals surface area contributed by atoms with Crippen molar-refractivity contribution in [3.63, 3.8) is 0 Å². The highest BCUT2D eigenvalue weighted by molar-refractivity contribution is 9.10. The minimum Gasteiger partial charge on any atom is -0.324 e. The van der Waals surface area contributed by atoms with Crippen molar-refractivity contribution in [1.29, 1.82) is 0 Å². The molecule has 164 valence electrons. The van der Waals surface area contributed by atoms with E-state index in [1.165, 1.54) is 22.2 Å². The zero-order chi connectivity index (χ0) is 23.0. The summed E-state index contributed by atoms with van der Waals surface area (Å²) in [5, 5.41) is 3.54. The number of aromatic nitrogens is 2. The molecule has 1 atom stereocenters. The summed E-state index contributed by atoms with van der Waals surface area (Å²) in [6, 6.07) is 13.1. The molecule has 2 aromatic carbocycles. The third-order valence-corrected chi connectivity index (χ3v) is 7.38. The van der Waals surface area contributed by atoms with Gasteiger partial charge < -0.3 is 5.32 Å². The Balaban J connectivity index is 1.78. The number of fused-ring (bicyclic) bond motifs is 1. The van der Waals surface area contributed by atoms with Crippen LogP contribution in [0.4, 0.5) is 5.69 Å². The highest BCUT2D eigenvalue weighted by Crippen LogP contribution is 2.37. The van der Waals surface area contributed by atoms with Crippen molar-refractivity contribution in [1.82, 2.24) is 9.55 Å². The third-order valence-electron chi connectivity index (χ3n) is 5.61. The first-order valence-corrected chi connectivity index (χ1v) is 12.1. The Bertz CT molecular complexity index is 1370. The van der Waals surface area contributed by atoms with Crippen LogP contribution in [0.1, 0.15) is 35.9 Å². The van der Waals surface area contributed by atoms with Crippen LogP contribution in [-0.2, 0) is 11.2 Å². The Labute approximate surface area is 199 Å². The second kappa shape index (κ2) is 9.00. The lowest BCUT2D eigenvalue weighted by Crippen LogP contribution is -2.32. The third kappa shape index (κ3) is 4.14. The zero-order valence-electron chi connectivity index (χ0n) is 18.4. The summed E-state index contributed by atoms with van der Waals surface area (Å²) in [7, 11) is 0. The van der Waals surface area contributed by atoms with Gasteiger partial charge >= 0.3 is 0 Å². The van der Waals surface area contributed by atoms with E-state index in [1.807, 2.05) is 56.3 Å². The van der Waals surface area contributed by atoms with E-state index in [1.54, 1.807) is 6.92 Å². The van der Waals surface area contributed by atoms with Crippen LogP contribution in [0, 0.1) is 13.8 Å². The number of carbonyl (C=O) groups is 1. The number of hydrogen-bond donors (Lipinski definition) is 1. The highest BCUT2D eigenvalue weighted by atomic mass is 79.9. The summed E-state index contributed by atoms with van der Waals surface area (Å²) < 4.78 is 2.41. The summed E-state index contributed by atoms with van der Waals surface area (Å²) >= 11 is 5.01. The molecule has 0 aliphatic heterocycles. The van der Waals surface area contributed by atoms with E-state index in [9.17, 15) is 9.59 Å². The average Bonchev–Trinajstić information content (AvgIpc) is 3.16. The molecule has 0 fully saturated rings. The molecular formula is C25H24BrN3O2S. The van der Waals surface area contributed by atoms with Crippen molar-refractivity contribution < 1.29 is 4.79 Å². The first-order valence-electron chi connectivity index (χ1n) is 10.5. The summed E-state index contributed by atoms with van der Waals surface area (Å²) in [5.41, 5.74) is 4.47. The van der Waals surface area contributed by atoms with Crippen LogP contribution in [0.25, 0.3) is 21.3 Å². The molecule has 1 amide bonds. The number of aryl methyl sites for hydroxylation is 3. The van der Waals surface area contributed by atoms with E-state index in [0.29, 0.717) is 10.2 Å². The second-order valence-corrected chi connectivity index (χ2v) is 9.88. The SMILES string of the molecule is CCc1sc2ncn(C(C)C(=O)Nc3cc(C)ccc3C)c(=O)c2c1-c1ccc(Br)cc1. The average molecular weight is 510 g/mol. The van der Waals surface area contributed by atoms with Gasteiger partial charge in [0.25, 0.3) is 5.56 Å². The quantitative estimate of drug-likeness (QED) is 0.344. The lowest BCUT2D eigenvalue weighted by atomic mass is 10.0. The van der Waals surface area contributed by atoms with Crippen molar-refractivity contribution >= 4 is 49.1 Å². The maximum absolute atomic E-state index is 13.6. The number of nitrogens with one attached hydrogen (secondary N) is 1. The second-order valence-electron chi connectivity index (χ2n) is 7.88. The van der Waals surface area contributed by atoms with Gasteiger partial charge in [-0.05, 0) is 62.1 Å². The van der Waals surface area contributed by atoms with Crippen LogP contribution in [-0.4, -0.2) is 15.5 Å². The standard InChI is InChI=1S/C25H24BrN3O2S/c1-5-20-21(17-8-10-18(26)11-9-17)22-24(32-20)27-13-29(25(22)31)16(4)23(30)28-19-12-14(2)6-7-15(19)3/h6-13,16H,5H2,1-4H3,(H,28,30). The molecule has 0 aliphatic rings. The van der Waals surface area contributed by atoms with Crippen molar-refractivity contribution in [2.45, 2.75) is 40.2 Å². The molecule has 5 nitrogen and oxygen atoms in total. The van der Waals surface area contributed by atoms with Gasteiger partial charge in [0.15, 0.2) is 0 Å². The highest BCUT2D eigenvalue weighted by Gasteiger charge is 2.23. The predicted octanol–water partition coefficient (Wildman–Crippen LogP) is 6.27. The molecule has 32 heavy (non-hydrogen) atoms. The number of carbonyl (C=O) groups excluding carboxylic acids is 1. The maximum atomic E-state index is 13.6. The first-order chi connectivity index (χ1) is 15.3. The molecule has 1 unspecified atom stereocenters. The molecule has 0 radical (unpaired) electrons. The number of rotatable bonds is 5. The van der Waals surface area contributed by atoms with Crippen LogP contribution in [0.15, 0.2) is 58.1 Å². The topological polar surface area (TPSA) is 64.0 Å². The van der Waals surface area contributed by atoms with Gasteiger partial charge in [0.05, 0.1) is 11.7 Å². The van der Waals surface area contributed by atoms with Gasteiger partial charge in [-0.25, -0.2) is 4.98 Å². The van der Waals surface area contributed by atoms with Gasteiger partial charge in [0.1, 0.15) is 10.9 Å². The van der Waals surface area contributed by atoms with E-state index >= 15 is 0 Å². The van der Waals surface area contributed by atoms with Gasteiger partial charge in [-0.2, -0.15) is 0 Å². The Morgan fingerprint density at radius 2 is 1.91 bits per heavy atom. The van der Waals surface area contributed by atoms with E-state index in [4.69, 9.17) is 0 Å². The molecule has 0 aliphatic carbocycles. The van der Waals surface area contributed by atoms with Gasteiger partial charge in [0.2, 0.25) is 5.91 Å². The Morgan fingerprint density at radius 3 is 2.59 bits per heavy atom. The fourth-order valence-corrected chi connectivity index (χ4v) is 5.09. The molecule has 2 aromatic heterocycles. The number of benzene rings is 2. The first kappa shape index (κ1) is 22.4. The fraction of sp³-hybridized carbons (Fsp3) is 0.240. The predicted molar refractivity (Wildman–Crippen MR) is 136 cm³/mol. The molecule has 0 saturated heterocycles. The van der Waals surface area contributed by atoms with E-state index < -0.39 is 6.04 Å². The molecule has 0 saturated carbocycles. The Hall–Kier alpha value is -2.77. The summed E-state index contributed by atoms with van der Waals surface area (Å²) in [5.74, 6) is -0.252. The van der Waals surface area contributed by atoms with Gasteiger partial charge in [0, 0.05) is 20.6 Å². The molecule has 2 heterocycles. The number of halogens is 1. The van der Waals surface area contributed by atoms with Gasteiger partial charge in [-0.3, -0.25) is 14.2 Å². The van der Waals surface area contributed by atoms with Crippen LogP contribution < -0.4 is 10.9 Å². The van der Waals surface area contributed by atoms with Crippen molar-refractivity contribution in [3.05, 3.63) is 79.6 Å². The molecule has 4 aromatic rings. The van der Waals surface area contributed by atoms with Crippen molar-refractivity contribution in [2.75, 3.05) is 5.32 Å². The number of amides is 1. The van der Waals surface area contributed by atoms with E-state index in [0.717, 1.165) is 43.7 Å². The summed E-state index contributed by atoms with van der Waals surface area (Å²) in [6.45, 7) is 7.72. The smallest absolute Gasteiger partial charge is 0.263 e. The lowest BCUT2D eigenvalue weighted by Gasteiger charge is -2.16.